The molecule has 0 spiro atoms. The molecule has 1 aromatic heterocycles. The number of nitrogens with one attached hydrogen (secondary N) is 1. The second kappa shape index (κ2) is 4.94. The van der Waals surface area contributed by atoms with Gasteiger partial charge in [0.25, 0.3) is 0 Å². The molecule has 0 saturated carbocycles. The van der Waals surface area contributed by atoms with E-state index < -0.39 is 0 Å². The van der Waals surface area contributed by atoms with Crippen molar-refractivity contribution < 1.29 is 4.52 Å². The molecule has 0 aliphatic heterocycles. The molecule has 2 rings (SSSR count). The van der Waals surface area contributed by atoms with Gasteiger partial charge in [-0.25, -0.2) is 0 Å². The van der Waals surface area contributed by atoms with E-state index in [9.17, 15) is 0 Å². The van der Waals surface area contributed by atoms with E-state index in [0.29, 0.717) is 6.54 Å². The normalized spacial score (nSPS) is 10.6. The fourth-order valence-electron chi connectivity index (χ4n) is 1.66. The zero-order valence-corrected chi connectivity index (χ0v) is 9.66. The molecule has 0 amide bonds. The van der Waals surface area contributed by atoms with E-state index in [1.54, 1.807) is 6.20 Å². The van der Waals surface area contributed by atoms with Crippen molar-refractivity contribution in [2.24, 2.45) is 0 Å². The average Bonchev–Trinajstić information content (AvgIpc) is 2.77. The minimum absolute atomic E-state index is 0.716. The molecular formula is C13H16N2O. The Morgan fingerprint density at radius 3 is 2.81 bits per heavy atom. The molecule has 1 heterocycles. The molecular weight excluding hydrogens is 200 g/mol. The fourth-order valence-corrected chi connectivity index (χ4v) is 1.66. The molecule has 0 bridgehead atoms. The summed E-state index contributed by atoms with van der Waals surface area (Å²) in [7, 11) is 0. The van der Waals surface area contributed by atoms with Gasteiger partial charge < -0.3 is 9.84 Å². The van der Waals surface area contributed by atoms with E-state index in [2.05, 4.69) is 42.5 Å². The van der Waals surface area contributed by atoms with E-state index >= 15 is 0 Å². The van der Waals surface area contributed by atoms with Crippen LogP contribution in [0.2, 0.25) is 0 Å². The van der Waals surface area contributed by atoms with Crippen molar-refractivity contribution in [3.63, 3.8) is 0 Å². The molecule has 0 fully saturated rings. The first kappa shape index (κ1) is 10.9. The number of aromatic nitrogens is 1. The van der Waals surface area contributed by atoms with Gasteiger partial charge in [0.15, 0.2) is 0 Å². The lowest BCUT2D eigenvalue weighted by Gasteiger charge is -2.08. The van der Waals surface area contributed by atoms with Crippen LogP contribution in [0.25, 0.3) is 0 Å². The predicted octanol–water partition coefficient (Wildman–Crippen LogP) is 2.58. The summed E-state index contributed by atoms with van der Waals surface area (Å²) in [5, 5.41) is 7.00. The lowest BCUT2D eigenvalue weighted by atomic mass is 10.0. The maximum Gasteiger partial charge on any atom is 0.150 e. The van der Waals surface area contributed by atoms with Crippen molar-refractivity contribution in [2.75, 3.05) is 0 Å². The number of hydrogen-bond donors (Lipinski definition) is 1. The third-order valence-corrected chi connectivity index (χ3v) is 2.82. The highest BCUT2D eigenvalue weighted by molar-refractivity contribution is 5.32. The number of aryl methyl sites for hydroxylation is 1. The summed E-state index contributed by atoms with van der Waals surface area (Å²) >= 11 is 0. The van der Waals surface area contributed by atoms with Crippen LogP contribution in [0.4, 0.5) is 0 Å². The van der Waals surface area contributed by atoms with Crippen molar-refractivity contribution in [1.29, 1.82) is 0 Å². The Kier molecular flexibility index (Phi) is 3.37. The minimum atomic E-state index is 0.716. The molecule has 0 saturated heterocycles. The highest BCUT2D eigenvalue weighted by Crippen LogP contribution is 2.12. The summed E-state index contributed by atoms with van der Waals surface area (Å²) in [6.07, 6.45) is 1.66. The summed E-state index contributed by atoms with van der Waals surface area (Å²) in [5.41, 5.74) is 4.02. The SMILES string of the molecule is Cc1cccc(CNCc2ccno2)c1C. The van der Waals surface area contributed by atoms with Gasteiger partial charge in [-0.1, -0.05) is 23.4 Å². The van der Waals surface area contributed by atoms with Crippen LogP contribution in [0.3, 0.4) is 0 Å². The van der Waals surface area contributed by atoms with Crippen LogP contribution < -0.4 is 5.32 Å². The monoisotopic (exact) mass is 216 g/mol. The lowest BCUT2D eigenvalue weighted by Crippen LogP contribution is -2.13. The number of nitrogens with zero attached hydrogens (tertiary/aromatic N) is 1. The van der Waals surface area contributed by atoms with Crippen molar-refractivity contribution >= 4 is 0 Å². The molecule has 1 N–H and O–H groups in total. The Morgan fingerprint density at radius 1 is 1.19 bits per heavy atom. The predicted molar refractivity (Wildman–Crippen MR) is 63.0 cm³/mol. The summed E-state index contributed by atoms with van der Waals surface area (Å²) < 4.78 is 5.01. The maximum atomic E-state index is 5.01. The van der Waals surface area contributed by atoms with Gasteiger partial charge in [-0.15, -0.1) is 0 Å². The van der Waals surface area contributed by atoms with Gasteiger partial charge in [-0.2, -0.15) is 0 Å². The van der Waals surface area contributed by atoms with Crippen molar-refractivity contribution in [2.45, 2.75) is 26.9 Å². The smallest absolute Gasteiger partial charge is 0.150 e. The zero-order chi connectivity index (χ0) is 11.4. The summed E-state index contributed by atoms with van der Waals surface area (Å²) in [4.78, 5) is 0. The second-order valence-electron chi connectivity index (χ2n) is 3.94. The molecule has 0 atom stereocenters. The Morgan fingerprint density at radius 2 is 2.06 bits per heavy atom. The molecule has 84 valence electrons. The highest BCUT2D eigenvalue weighted by Gasteiger charge is 2.01. The van der Waals surface area contributed by atoms with Crippen LogP contribution in [0.1, 0.15) is 22.5 Å². The lowest BCUT2D eigenvalue weighted by molar-refractivity contribution is 0.372. The molecule has 1 aromatic carbocycles. The minimum Gasteiger partial charge on any atom is -0.360 e. The maximum absolute atomic E-state index is 5.01. The van der Waals surface area contributed by atoms with E-state index in [1.807, 2.05) is 6.07 Å². The first-order valence-corrected chi connectivity index (χ1v) is 5.43. The largest absolute Gasteiger partial charge is 0.360 e. The number of benzene rings is 1. The van der Waals surface area contributed by atoms with E-state index in [0.717, 1.165) is 12.3 Å². The summed E-state index contributed by atoms with van der Waals surface area (Å²) in [5.74, 6) is 0.866. The van der Waals surface area contributed by atoms with E-state index in [4.69, 9.17) is 4.52 Å². The Hall–Kier alpha value is -1.61. The van der Waals surface area contributed by atoms with Crippen LogP contribution in [0, 0.1) is 13.8 Å². The molecule has 0 radical (unpaired) electrons. The van der Waals surface area contributed by atoms with E-state index in [1.165, 1.54) is 16.7 Å². The first-order chi connectivity index (χ1) is 7.77. The standard InChI is InChI=1S/C13H16N2O/c1-10-4-3-5-12(11(10)2)8-14-9-13-6-7-15-16-13/h3-7,14H,8-9H2,1-2H3. The fraction of sp³-hybridized carbons (Fsp3) is 0.308. The zero-order valence-electron chi connectivity index (χ0n) is 9.66. The van der Waals surface area contributed by atoms with Gasteiger partial charge >= 0.3 is 0 Å². The molecule has 2 aromatic rings. The molecule has 0 aliphatic rings. The third-order valence-electron chi connectivity index (χ3n) is 2.82. The topological polar surface area (TPSA) is 38.1 Å². The average molecular weight is 216 g/mol. The Bertz CT molecular complexity index is 449. The van der Waals surface area contributed by atoms with E-state index in [-0.39, 0.29) is 0 Å². The Labute approximate surface area is 95.5 Å². The van der Waals surface area contributed by atoms with Crippen LogP contribution in [-0.4, -0.2) is 5.16 Å². The van der Waals surface area contributed by atoms with Gasteiger partial charge in [-0.3, -0.25) is 0 Å². The van der Waals surface area contributed by atoms with Crippen molar-refractivity contribution in [1.82, 2.24) is 10.5 Å². The van der Waals surface area contributed by atoms with Gasteiger partial charge in [0.05, 0.1) is 12.7 Å². The van der Waals surface area contributed by atoms with Crippen LogP contribution in [-0.2, 0) is 13.1 Å². The number of rotatable bonds is 4. The molecule has 3 nitrogen and oxygen atoms in total. The second-order valence-corrected chi connectivity index (χ2v) is 3.94. The van der Waals surface area contributed by atoms with Crippen LogP contribution in [0.5, 0.6) is 0 Å². The molecule has 0 aliphatic carbocycles. The van der Waals surface area contributed by atoms with Gasteiger partial charge in [0.1, 0.15) is 5.76 Å². The number of hydrogen-bond acceptors (Lipinski definition) is 3. The van der Waals surface area contributed by atoms with Gasteiger partial charge in [0, 0.05) is 12.6 Å². The highest BCUT2D eigenvalue weighted by atomic mass is 16.5. The molecule has 0 unspecified atom stereocenters. The molecule has 16 heavy (non-hydrogen) atoms. The van der Waals surface area contributed by atoms with Crippen LogP contribution in [0.15, 0.2) is 35.0 Å². The quantitative estimate of drug-likeness (QED) is 0.853. The third kappa shape index (κ3) is 2.49. The van der Waals surface area contributed by atoms with Crippen LogP contribution >= 0.6 is 0 Å². The van der Waals surface area contributed by atoms with Crippen molar-refractivity contribution in [3.8, 4) is 0 Å². The van der Waals surface area contributed by atoms with Gasteiger partial charge in [-0.05, 0) is 30.5 Å². The summed E-state index contributed by atoms with van der Waals surface area (Å²) in [6.45, 7) is 5.86. The Balaban J connectivity index is 1.92. The molecule has 3 heteroatoms. The first-order valence-electron chi connectivity index (χ1n) is 5.43. The van der Waals surface area contributed by atoms with Crippen molar-refractivity contribution in [3.05, 3.63) is 52.9 Å². The van der Waals surface area contributed by atoms with Gasteiger partial charge in [0.2, 0.25) is 0 Å². The summed E-state index contributed by atoms with van der Waals surface area (Å²) in [6, 6.07) is 8.24.